The normalized spacial score (nSPS) is 22.7. The predicted octanol–water partition coefficient (Wildman–Crippen LogP) is 1.23. The van der Waals surface area contributed by atoms with E-state index in [-0.39, 0.29) is 23.6 Å². The maximum absolute atomic E-state index is 12.1. The van der Waals surface area contributed by atoms with Crippen molar-refractivity contribution in [2.75, 3.05) is 12.3 Å². The number of aliphatic hydroxyl groups excluding tert-OH is 1. The standard InChI is InChI=1S/C14H24N4O2/c1-2-5-10-12(15)13(18-17-10)14(20)16-8-9-6-3-4-7-11(9)19/h9,11,19H,2-8,15H2,1H3,(H,16,20)(H,17,18). The van der Waals surface area contributed by atoms with E-state index in [4.69, 9.17) is 5.73 Å². The van der Waals surface area contributed by atoms with E-state index >= 15 is 0 Å². The number of rotatable bonds is 5. The maximum Gasteiger partial charge on any atom is 0.273 e. The van der Waals surface area contributed by atoms with Gasteiger partial charge in [0, 0.05) is 12.5 Å². The second kappa shape index (κ2) is 6.74. The number of carbonyl (C=O) groups excluding carboxylic acids is 1. The monoisotopic (exact) mass is 280 g/mol. The molecule has 1 aromatic rings. The van der Waals surface area contributed by atoms with Crippen molar-refractivity contribution in [2.24, 2.45) is 5.92 Å². The molecule has 0 bridgehead atoms. The van der Waals surface area contributed by atoms with E-state index in [9.17, 15) is 9.90 Å². The predicted molar refractivity (Wildman–Crippen MR) is 77.3 cm³/mol. The quantitative estimate of drug-likeness (QED) is 0.651. The topological polar surface area (TPSA) is 104 Å². The van der Waals surface area contributed by atoms with Crippen molar-refractivity contribution in [3.63, 3.8) is 0 Å². The zero-order chi connectivity index (χ0) is 14.5. The van der Waals surface area contributed by atoms with Crippen LogP contribution >= 0.6 is 0 Å². The summed E-state index contributed by atoms with van der Waals surface area (Å²) in [5, 5.41) is 19.5. The van der Waals surface area contributed by atoms with Crippen LogP contribution in [0.2, 0.25) is 0 Å². The average Bonchev–Trinajstić information content (AvgIpc) is 2.80. The van der Waals surface area contributed by atoms with Crippen LogP contribution in [0.5, 0.6) is 0 Å². The number of aliphatic hydroxyl groups is 1. The van der Waals surface area contributed by atoms with Crippen molar-refractivity contribution in [1.29, 1.82) is 0 Å². The third-order valence-electron chi connectivity index (χ3n) is 3.99. The van der Waals surface area contributed by atoms with Crippen LogP contribution in [0.4, 0.5) is 5.69 Å². The van der Waals surface area contributed by atoms with Crippen molar-refractivity contribution in [2.45, 2.75) is 51.6 Å². The van der Waals surface area contributed by atoms with Gasteiger partial charge in [-0.05, 0) is 19.3 Å². The minimum atomic E-state index is -0.309. The Balaban J connectivity index is 1.91. The smallest absolute Gasteiger partial charge is 0.273 e. The fourth-order valence-corrected chi connectivity index (χ4v) is 2.73. The summed E-state index contributed by atoms with van der Waals surface area (Å²) in [5.41, 5.74) is 7.44. The molecule has 1 heterocycles. The molecule has 1 aromatic heterocycles. The number of aryl methyl sites for hydroxylation is 1. The molecule has 0 spiro atoms. The lowest BCUT2D eigenvalue weighted by Gasteiger charge is -2.27. The molecule has 112 valence electrons. The van der Waals surface area contributed by atoms with Gasteiger partial charge in [0.2, 0.25) is 0 Å². The second-order valence-electron chi connectivity index (χ2n) is 5.54. The Hall–Kier alpha value is -1.56. The van der Waals surface area contributed by atoms with Gasteiger partial charge in [-0.3, -0.25) is 9.89 Å². The van der Waals surface area contributed by atoms with E-state index in [1.807, 2.05) is 6.92 Å². The van der Waals surface area contributed by atoms with Gasteiger partial charge < -0.3 is 16.2 Å². The maximum atomic E-state index is 12.1. The molecule has 6 nitrogen and oxygen atoms in total. The summed E-state index contributed by atoms with van der Waals surface area (Å²) >= 11 is 0. The summed E-state index contributed by atoms with van der Waals surface area (Å²) in [6, 6.07) is 0. The summed E-state index contributed by atoms with van der Waals surface area (Å²) in [7, 11) is 0. The molecule has 2 unspecified atom stereocenters. The van der Waals surface area contributed by atoms with E-state index in [0.29, 0.717) is 12.2 Å². The average molecular weight is 280 g/mol. The Bertz CT molecular complexity index is 458. The molecule has 1 aliphatic carbocycles. The minimum Gasteiger partial charge on any atom is -0.395 e. The number of H-pyrrole nitrogens is 1. The van der Waals surface area contributed by atoms with Crippen molar-refractivity contribution < 1.29 is 9.90 Å². The first-order chi connectivity index (χ1) is 9.63. The zero-order valence-corrected chi connectivity index (χ0v) is 12.0. The van der Waals surface area contributed by atoms with Crippen LogP contribution in [-0.4, -0.2) is 33.9 Å². The Labute approximate surface area is 119 Å². The lowest BCUT2D eigenvalue weighted by atomic mass is 9.86. The molecule has 20 heavy (non-hydrogen) atoms. The number of hydrogen-bond acceptors (Lipinski definition) is 4. The second-order valence-corrected chi connectivity index (χ2v) is 5.54. The molecule has 0 saturated heterocycles. The van der Waals surface area contributed by atoms with Crippen LogP contribution < -0.4 is 11.1 Å². The van der Waals surface area contributed by atoms with E-state index in [0.717, 1.165) is 44.2 Å². The van der Waals surface area contributed by atoms with Crippen LogP contribution in [0.15, 0.2) is 0 Å². The summed E-state index contributed by atoms with van der Waals surface area (Å²) in [5.74, 6) is -0.123. The first kappa shape index (κ1) is 14.8. The number of hydrogen-bond donors (Lipinski definition) is 4. The summed E-state index contributed by atoms with van der Waals surface area (Å²) in [6.45, 7) is 2.53. The highest BCUT2D eigenvalue weighted by molar-refractivity contribution is 5.97. The molecular formula is C14H24N4O2. The number of nitrogens with zero attached hydrogens (tertiary/aromatic N) is 1. The molecule has 1 amide bonds. The van der Waals surface area contributed by atoms with Crippen LogP contribution in [0.25, 0.3) is 0 Å². The SMILES string of the molecule is CCCc1[nH]nc(C(=O)NCC2CCCCC2O)c1N. The highest BCUT2D eigenvalue weighted by atomic mass is 16.3. The number of nitrogens with two attached hydrogens (primary N) is 1. The van der Waals surface area contributed by atoms with E-state index in [1.165, 1.54) is 0 Å². The van der Waals surface area contributed by atoms with Gasteiger partial charge in [-0.15, -0.1) is 0 Å². The van der Waals surface area contributed by atoms with Gasteiger partial charge >= 0.3 is 0 Å². The summed E-state index contributed by atoms with van der Waals surface area (Å²) in [6.07, 6.45) is 5.39. The van der Waals surface area contributed by atoms with Gasteiger partial charge in [0.1, 0.15) is 0 Å². The first-order valence-corrected chi connectivity index (χ1v) is 7.42. The Morgan fingerprint density at radius 1 is 1.50 bits per heavy atom. The summed E-state index contributed by atoms with van der Waals surface area (Å²) < 4.78 is 0. The number of aromatic amines is 1. The Morgan fingerprint density at radius 3 is 2.95 bits per heavy atom. The van der Waals surface area contributed by atoms with E-state index in [1.54, 1.807) is 0 Å². The minimum absolute atomic E-state index is 0.142. The molecule has 1 aliphatic rings. The van der Waals surface area contributed by atoms with Crippen molar-refractivity contribution in [3.05, 3.63) is 11.4 Å². The number of nitrogen functional groups attached to an aromatic ring is 1. The number of nitrogens with one attached hydrogen (secondary N) is 2. The molecule has 6 heteroatoms. The molecule has 1 fully saturated rings. The van der Waals surface area contributed by atoms with Crippen LogP contribution in [0.1, 0.15) is 55.2 Å². The van der Waals surface area contributed by atoms with Gasteiger partial charge in [0.15, 0.2) is 5.69 Å². The van der Waals surface area contributed by atoms with Crippen molar-refractivity contribution in [1.82, 2.24) is 15.5 Å². The third-order valence-corrected chi connectivity index (χ3v) is 3.99. The van der Waals surface area contributed by atoms with E-state index < -0.39 is 0 Å². The zero-order valence-electron chi connectivity index (χ0n) is 12.0. The molecule has 2 rings (SSSR count). The first-order valence-electron chi connectivity index (χ1n) is 7.42. The van der Waals surface area contributed by atoms with Crippen LogP contribution in [-0.2, 0) is 6.42 Å². The van der Waals surface area contributed by atoms with Gasteiger partial charge in [-0.1, -0.05) is 26.2 Å². The number of aromatic nitrogens is 2. The Kier molecular flexibility index (Phi) is 5.00. The molecule has 0 aliphatic heterocycles. The summed E-state index contributed by atoms with van der Waals surface area (Å²) in [4.78, 5) is 12.1. The van der Waals surface area contributed by atoms with Crippen molar-refractivity contribution >= 4 is 11.6 Å². The van der Waals surface area contributed by atoms with Crippen LogP contribution in [0, 0.1) is 5.92 Å². The largest absolute Gasteiger partial charge is 0.395 e. The number of amides is 1. The van der Waals surface area contributed by atoms with Gasteiger partial charge in [0.25, 0.3) is 5.91 Å². The molecule has 2 atom stereocenters. The Morgan fingerprint density at radius 2 is 2.25 bits per heavy atom. The lowest BCUT2D eigenvalue weighted by Crippen LogP contribution is -2.37. The fraction of sp³-hybridized carbons (Fsp3) is 0.714. The molecule has 1 saturated carbocycles. The number of anilines is 1. The highest BCUT2D eigenvalue weighted by Crippen LogP contribution is 2.24. The molecule has 0 aromatic carbocycles. The highest BCUT2D eigenvalue weighted by Gasteiger charge is 2.24. The fourth-order valence-electron chi connectivity index (χ4n) is 2.73. The van der Waals surface area contributed by atoms with Gasteiger partial charge in [-0.25, -0.2) is 0 Å². The van der Waals surface area contributed by atoms with Crippen LogP contribution in [0.3, 0.4) is 0 Å². The molecule has 0 radical (unpaired) electrons. The van der Waals surface area contributed by atoms with Crippen molar-refractivity contribution in [3.8, 4) is 0 Å². The number of carbonyl (C=O) groups is 1. The van der Waals surface area contributed by atoms with E-state index in [2.05, 4.69) is 15.5 Å². The van der Waals surface area contributed by atoms with Gasteiger partial charge in [-0.2, -0.15) is 5.10 Å². The lowest BCUT2D eigenvalue weighted by molar-refractivity contribution is 0.0662. The third kappa shape index (κ3) is 3.30. The van der Waals surface area contributed by atoms with Gasteiger partial charge in [0.05, 0.1) is 17.5 Å². The molecule has 5 N–H and O–H groups in total. The molecular weight excluding hydrogens is 256 g/mol.